The predicted molar refractivity (Wildman–Crippen MR) is 64.0 cm³/mol. The fourth-order valence-corrected chi connectivity index (χ4v) is 1.44. The molecule has 6 heteroatoms. The SMILES string of the molecule is Nc1ccc2nc(OCCCO)[nH]c(=O)c2c1. The minimum atomic E-state index is -0.290. The van der Waals surface area contributed by atoms with Crippen LogP contribution in [-0.2, 0) is 0 Å². The minimum Gasteiger partial charge on any atom is -0.465 e. The van der Waals surface area contributed by atoms with E-state index >= 15 is 0 Å². The molecule has 0 bridgehead atoms. The van der Waals surface area contributed by atoms with Crippen molar-refractivity contribution < 1.29 is 9.84 Å². The molecule has 0 unspecified atom stereocenters. The number of nitrogen functional groups attached to an aromatic ring is 1. The molecular formula is C11H13N3O3. The summed E-state index contributed by atoms with van der Waals surface area (Å²) in [6.45, 7) is 0.342. The summed E-state index contributed by atoms with van der Waals surface area (Å²) in [5.74, 6) is 0. The van der Waals surface area contributed by atoms with Crippen LogP contribution in [0.4, 0.5) is 5.69 Å². The maximum atomic E-state index is 11.7. The molecule has 0 saturated heterocycles. The van der Waals surface area contributed by atoms with Gasteiger partial charge >= 0.3 is 0 Å². The highest BCUT2D eigenvalue weighted by Gasteiger charge is 2.04. The number of ether oxygens (including phenoxy) is 1. The Bertz CT molecular complexity index is 580. The first-order valence-electron chi connectivity index (χ1n) is 5.24. The highest BCUT2D eigenvalue weighted by atomic mass is 16.5. The van der Waals surface area contributed by atoms with Gasteiger partial charge in [-0.3, -0.25) is 9.78 Å². The lowest BCUT2D eigenvalue weighted by Gasteiger charge is -2.05. The number of aliphatic hydroxyl groups excluding tert-OH is 1. The fourth-order valence-electron chi connectivity index (χ4n) is 1.44. The number of nitrogens with one attached hydrogen (secondary N) is 1. The summed E-state index contributed by atoms with van der Waals surface area (Å²) in [4.78, 5) is 18.3. The van der Waals surface area contributed by atoms with Crippen LogP contribution in [0.2, 0.25) is 0 Å². The van der Waals surface area contributed by atoms with E-state index in [1.165, 1.54) is 0 Å². The second-order valence-corrected chi connectivity index (χ2v) is 3.57. The predicted octanol–water partition coefficient (Wildman–Crippen LogP) is 0.266. The third-order valence-electron chi connectivity index (χ3n) is 2.25. The molecule has 6 nitrogen and oxygen atoms in total. The molecule has 90 valence electrons. The molecule has 0 atom stereocenters. The van der Waals surface area contributed by atoms with E-state index < -0.39 is 0 Å². The van der Waals surface area contributed by atoms with Crippen molar-refractivity contribution in [3.8, 4) is 6.01 Å². The topological polar surface area (TPSA) is 101 Å². The monoisotopic (exact) mass is 235 g/mol. The van der Waals surface area contributed by atoms with Crippen LogP contribution in [0.5, 0.6) is 6.01 Å². The molecule has 0 saturated carbocycles. The van der Waals surface area contributed by atoms with Gasteiger partial charge in [-0.1, -0.05) is 0 Å². The number of rotatable bonds is 4. The summed E-state index contributed by atoms with van der Waals surface area (Å²) in [6, 6.07) is 5.06. The average molecular weight is 235 g/mol. The zero-order valence-corrected chi connectivity index (χ0v) is 9.14. The van der Waals surface area contributed by atoms with E-state index in [0.717, 1.165) is 0 Å². The van der Waals surface area contributed by atoms with Gasteiger partial charge in [-0.05, 0) is 18.2 Å². The van der Waals surface area contributed by atoms with Crippen molar-refractivity contribution in [1.29, 1.82) is 0 Å². The molecule has 1 aromatic heterocycles. The first-order chi connectivity index (χ1) is 8.20. The first kappa shape index (κ1) is 11.4. The average Bonchev–Trinajstić information content (AvgIpc) is 2.31. The van der Waals surface area contributed by atoms with Gasteiger partial charge in [-0.15, -0.1) is 0 Å². The Kier molecular flexibility index (Phi) is 3.24. The summed E-state index contributed by atoms with van der Waals surface area (Å²) < 4.78 is 5.21. The Hall–Kier alpha value is -2.08. The van der Waals surface area contributed by atoms with Crippen LogP contribution in [0.25, 0.3) is 10.9 Å². The van der Waals surface area contributed by atoms with Gasteiger partial charge < -0.3 is 15.6 Å². The number of aliphatic hydroxyl groups is 1. The lowest BCUT2D eigenvalue weighted by Crippen LogP contribution is -2.12. The Morgan fingerprint density at radius 2 is 2.29 bits per heavy atom. The van der Waals surface area contributed by atoms with E-state index in [1.54, 1.807) is 18.2 Å². The van der Waals surface area contributed by atoms with Crippen molar-refractivity contribution in [3.05, 3.63) is 28.6 Å². The lowest BCUT2D eigenvalue weighted by atomic mass is 10.2. The number of H-pyrrole nitrogens is 1. The molecule has 17 heavy (non-hydrogen) atoms. The van der Waals surface area contributed by atoms with E-state index in [2.05, 4.69) is 9.97 Å². The maximum Gasteiger partial charge on any atom is 0.297 e. The third-order valence-corrected chi connectivity index (χ3v) is 2.25. The van der Waals surface area contributed by atoms with E-state index in [9.17, 15) is 4.79 Å². The fraction of sp³-hybridized carbons (Fsp3) is 0.273. The van der Waals surface area contributed by atoms with Crippen molar-refractivity contribution >= 4 is 16.6 Å². The number of hydrogen-bond donors (Lipinski definition) is 3. The molecule has 2 aromatic rings. The highest BCUT2D eigenvalue weighted by molar-refractivity contribution is 5.81. The Morgan fingerprint density at radius 3 is 3.06 bits per heavy atom. The molecule has 0 aliphatic carbocycles. The highest BCUT2D eigenvalue weighted by Crippen LogP contribution is 2.13. The van der Waals surface area contributed by atoms with Crippen LogP contribution >= 0.6 is 0 Å². The van der Waals surface area contributed by atoms with E-state index in [0.29, 0.717) is 29.6 Å². The van der Waals surface area contributed by atoms with Gasteiger partial charge in [0.05, 0.1) is 17.5 Å². The Morgan fingerprint density at radius 1 is 1.47 bits per heavy atom. The molecule has 0 fully saturated rings. The summed E-state index contributed by atoms with van der Waals surface area (Å²) in [5, 5.41) is 9.05. The van der Waals surface area contributed by atoms with Crippen molar-refractivity contribution in [2.24, 2.45) is 0 Å². The molecular weight excluding hydrogens is 222 g/mol. The van der Waals surface area contributed by atoms with Crippen LogP contribution < -0.4 is 16.0 Å². The molecule has 0 amide bonds. The lowest BCUT2D eigenvalue weighted by molar-refractivity contribution is 0.224. The number of hydrogen-bond acceptors (Lipinski definition) is 5. The van der Waals surface area contributed by atoms with Gasteiger partial charge in [0.2, 0.25) is 0 Å². The van der Waals surface area contributed by atoms with Crippen LogP contribution in [-0.4, -0.2) is 28.3 Å². The largest absolute Gasteiger partial charge is 0.465 e. The standard InChI is InChI=1S/C11H13N3O3/c12-7-2-3-9-8(6-7)10(16)14-11(13-9)17-5-1-4-15/h2-3,6,15H,1,4-5,12H2,(H,13,14,16). The normalized spacial score (nSPS) is 10.6. The van der Waals surface area contributed by atoms with Gasteiger partial charge in [0.25, 0.3) is 11.6 Å². The zero-order chi connectivity index (χ0) is 12.3. The number of benzene rings is 1. The van der Waals surface area contributed by atoms with Crippen LogP contribution in [0.1, 0.15) is 6.42 Å². The molecule has 4 N–H and O–H groups in total. The minimum absolute atomic E-state index is 0.0361. The zero-order valence-electron chi connectivity index (χ0n) is 9.14. The Labute approximate surface area is 97.1 Å². The third kappa shape index (κ3) is 2.54. The molecule has 1 aromatic carbocycles. The number of nitrogens with two attached hydrogens (primary N) is 1. The summed E-state index contributed by atoms with van der Waals surface area (Å²) in [5.41, 5.74) is 6.34. The molecule has 0 aliphatic heterocycles. The van der Waals surface area contributed by atoms with Gasteiger partial charge in [0, 0.05) is 18.7 Å². The molecule has 0 aliphatic rings. The van der Waals surface area contributed by atoms with E-state index in [4.69, 9.17) is 15.6 Å². The van der Waals surface area contributed by atoms with Crippen molar-refractivity contribution in [2.75, 3.05) is 18.9 Å². The number of anilines is 1. The quantitative estimate of drug-likeness (QED) is 0.521. The molecule has 0 radical (unpaired) electrons. The maximum absolute atomic E-state index is 11.7. The summed E-state index contributed by atoms with van der Waals surface area (Å²) in [7, 11) is 0. The molecule has 1 heterocycles. The molecule has 2 rings (SSSR count). The van der Waals surface area contributed by atoms with Crippen LogP contribution in [0, 0.1) is 0 Å². The van der Waals surface area contributed by atoms with Gasteiger partial charge in [0.1, 0.15) is 0 Å². The molecule has 0 spiro atoms. The number of aromatic amines is 1. The van der Waals surface area contributed by atoms with E-state index in [1.807, 2.05) is 0 Å². The van der Waals surface area contributed by atoms with Crippen molar-refractivity contribution in [2.45, 2.75) is 6.42 Å². The number of aromatic nitrogens is 2. The number of nitrogens with zero attached hydrogens (tertiary/aromatic N) is 1. The van der Waals surface area contributed by atoms with Gasteiger partial charge in [0.15, 0.2) is 0 Å². The summed E-state index contributed by atoms with van der Waals surface area (Å²) in [6.07, 6.45) is 0.490. The summed E-state index contributed by atoms with van der Waals surface area (Å²) >= 11 is 0. The second kappa shape index (κ2) is 4.84. The van der Waals surface area contributed by atoms with E-state index in [-0.39, 0.29) is 18.2 Å². The van der Waals surface area contributed by atoms with Crippen LogP contribution in [0.15, 0.2) is 23.0 Å². The number of fused-ring (bicyclic) bond motifs is 1. The van der Waals surface area contributed by atoms with Crippen molar-refractivity contribution in [3.63, 3.8) is 0 Å². The second-order valence-electron chi connectivity index (χ2n) is 3.57. The van der Waals surface area contributed by atoms with Crippen LogP contribution in [0.3, 0.4) is 0 Å². The van der Waals surface area contributed by atoms with Gasteiger partial charge in [-0.2, -0.15) is 4.98 Å². The van der Waals surface area contributed by atoms with Crippen molar-refractivity contribution in [1.82, 2.24) is 9.97 Å². The van der Waals surface area contributed by atoms with Gasteiger partial charge in [-0.25, -0.2) is 0 Å². The Balaban J connectivity index is 2.35. The first-order valence-corrected chi connectivity index (χ1v) is 5.24. The smallest absolute Gasteiger partial charge is 0.297 e.